The normalized spacial score (nSPS) is 13.6. The predicted molar refractivity (Wildman–Crippen MR) is 90.1 cm³/mol. The number of nitrogens with zero attached hydrogens (tertiary/aromatic N) is 1. The zero-order chi connectivity index (χ0) is 17.1. The van der Waals surface area contributed by atoms with Gasteiger partial charge in [0.05, 0.1) is 6.42 Å². The Hall–Kier alpha value is -2.69. The Labute approximate surface area is 140 Å². The van der Waals surface area contributed by atoms with Crippen molar-refractivity contribution in [1.82, 2.24) is 5.32 Å². The summed E-state index contributed by atoms with van der Waals surface area (Å²) in [5.74, 6) is -0.286. The molecule has 24 heavy (non-hydrogen) atoms. The molecule has 0 saturated heterocycles. The van der Waals surface area contributed by atoms with Crippen LogP contribution in [0.1, 0.15) is 23.1 Å². The Bertz CT molecular complexity index is 771. The molecular weight excluding hydrogens is 307 g/mol. The van der Waals surface area contributed by atoms with Crippen LogP contribution in [0, 0.1) is 5.82 Å². The highest BCUT2D eigenvalue weighted by atomic mass is 19.1. The lowest BCUT2D eigenvalue weighted by Crippen LogP contribution is -2.31. The standard InChI is InChI=1S/C19H19FN2O2/c1-22-17-8-4-14(10-15(17)5-9-19(22)24)12-21-18(23)11-13-2-6-16(20)7-3-13/h2-4,6-8,10H,5,9,11-12H2,1H3,(H,21,23). The molecule has 0 radical (unpaired) electrons. The predicted octanol–water partition coefficient (Wildman–Crippen LogP) is 2.59. The van der Waals surface area contributed by atoms with E-state index in [0.717, 1.165) is 28.8 Å². The molecule has 5 heteroatoms. The zero-order valence-electron chi connectivity index (χ0n) is 13.5. The van der Waals surface area contributed by atoms with Gasteiger partial charge in [0, 0.05) is 25.7 Å². The SMILES string of the molecule is CN1C(=O)CCc2cc(CNC(=O)Cc3ccc(F)cc3)ccc21. The van der Waals surface area contributed by atoms with Gasteiger partial charge in [0.25, 0.3) is 0 Å². The summed E-state index contributed by atoms with van der Waals surface area (Å²) in [6.45, 7) is 0.435. The number of halogens is 1. The van der Waals surface area contributed by atoms with Crippen LogP contribution in [0.3, 0.4) is 0 Å². The van der Waals surface area contributed by atoms with Gasteiger partial charge in [0.15, 0.2) is 0 Å². The second-order valence-corrected chi connectivity index (χ2v) is 6.00. The quantitative estimate of drug-likeness (QED) is 0.939. The van der Waals surface area contributed by atoms with E-state index in [-0.39, 0.29) is 24.1 Å². The first-order chi connectivity index (χ1) is 11.5. The minimum absolute atomic E-state index is 0.105. The number of fused-ring (bicyclic) bond motifs is 1. The fraction of sp³-hybridized carbons (Fsp3) is 0.263. The van der Waals surface area contributed by atoms with Gasteiger partial charge in [-0.3, -0.25) is 9.59 Å². The number of carbonyl (C=O) groups excluding carboxylic acids is 2. The topological polar surface area (TPSA) is 49.4 Å². The van der Waals surface area contributed by atoms with Crippen LogP contribution in [0.5, 0.6) is 0 Å². The second-order valence-electron chi connectivity index (χ2n) is 6.00. The minimum atomic E-state index is -0.309. The third-order valence-electron chi connectivity index (χ3n) is 4.26. The van der Waals surface area contributed by atoms with E-state index < -0.39 is 0 Å². The van der Waals surface area contributed by atoms with Gasteiger partial charge in [0.1, 0.15) is 5.82 Å². The van der Waals surface area contributed by atoms with E-state index in [9.17, 15) is 14.0 Å². The molecule has 0 atom stereocenters. The molecule has 0 aliphatic carbocycles. The molecule has 124 valence electrons. The van der Waals surface area contributed by atoms with Crippen LogP contribution < -0.4 is 10.2 Å². The highest BCUT2D eigenvalue weighted by Gasteiger charge is 2.20. The number of hydrogen-bond acceptors (Lipinski definition) is 2. The van der Waals surface area contributed by atoms with Crippen molar-refractivity contribution in [2.45, 2.75) is 25.8 Å². The van der Waals surface area contributed by atoms with Crippen molar-refractivity contribution in [2.75, 3.05) is 11.9 Å². The first-order valence-electron chi connectivity index (χ1n) is 7.92. The summed E-state index contributed by atoms with van der Waals surface area (Å²) in [4.78, 5) is 25.4. The van der Waals surface area contributed by atoms with E-state index in [2.05, 4.69) is 5.32 Å². The molecule has 1 aliphatic heterocycles. The maximum absolute atomic E-state index is 12.9. The van der Waals surface area contributed by atoms with E-state index in [0.29, 0.717) is 13.0 Å². The molecule has 0 bridgehead atoms. The van der Waals surface area contributed by atoms with E-state index in [4.69, 9.17) is 0 Å². The molecule has 0 unspecified atom stereocenters. The molecule has 3 rings (SSSR count). The summed E-state index contributed by atoms with van der Waals surface area (Å²) in [6.07, 6.45) is 1.47. The van der Waals surface area contributed by atoms with Gasteiger partial charge in [-0.2, -0.15) is 0 Å². The molecule has 2 amide bonds. The Morgan fingerprint density at radius 2 is 1.83 bits per heavy atom. The maximum Gasteiger partial charge on any atom is 0.227 e. The Morgan fingerprint density at radius 1 is 1.12 bits per heavy atom. The minimum Gasteiger partial charge on any atom is -0.352 e. The number of nitrogens with one attached hydrogen (secondary N) is 1. The van der Waals surface area contributed by atoms with Gasteiger partial charge >= 0.3 is 0 Å². The average molecular weight is 326 g/mol. The lowest BCUT2D eigenvalue weighted by atomic mass is 9.99. The van der Waals surface area contributed by atoms with E-state index in [1.165, 1.54) is 12.1 Å². The number of benzene rings is 2. The smallest absolute Gasteiger partial charge is 0.227 e. The summed E-state index contributed by atoms with van der Waals surface area (Å²) >= 11 is 0. The number of anilines is 1. The molecular formula is C19H19FN2O2. The molecule has 1 N–H and O–H groups in total. The third-order valence-corrected chi connectivity index (χ3v) is 4.26. The first-order valence-corrected chi connectivity index (χ1v) is 7.92. The largest absolute Gasteiger partial charge is 0.352 e. The number of rotatable bonds is 4. The summed E-state index contributed by atoms with van der Waals surface area (Å²) < 4.78 is 12.9. The summed E-state index contributed by atoms with van der Waals surface area (Å²) in [6, 6.07) is 11.8. The van der Waals surface area contributed by atoms with Crippen molar-refractivity contribution >= 4 is 17.5 Å². The monoisotopic (exact) mass is 326 g/mol. The van der Waals surface area contributed by atoms with Crippen molar-refractivity contribution in [2.24, 2.45) is 0 Å². The van der Waals surface area contributed by atoms with Crippen molar-refractivity contribution in [3.05, 3.63) is 65.0 Å². The first kappa shape index (κ1) is 16.2. The molecule has 0 fully saturated rings. The van der Waals surface area contributed by atoms with Crippen LogP contribution >= 0.6 is 0 Å². The summed E-state index contributed by atoms with van der Waals surface area (Å²) in [5.41, 5.74) is 3.85. The molecule has 2 aromatic carbocycles. The summed E-state index contributed by atoms with van der Waals surface area (Å²) in [7, 11) is 1.78. The van der Waals surface area contributed by atoms with E-state index in [1.54, 1.807) is 24.1 Å². The van der Waals surface area contributed by atoms with Gasteiger partial charge < -0.3 is 10.2 Å². The van der Waals surface area contributed by atoms with Crippen LogP contribution in [0.15, 0.2) is 42.5 Å². The fourth-order valence-electron chi connectivity index (χ4n) is 2.87. The zero-order valence-corrected chi connectivity index (χ0v) is 13.5. The molecule has 1 aliphatic rings. The highest BCUT2D eigenvalue weighted by molar-refractivity contribution is 5.95. The van der Waals surface area contributed by atoms with Crippen molar-refractivity contribution < 1.29 is 14.0 Å². The van der Waals surface area contributed by atoms with Crippen LogP contribution in [0.2, 0.25) is 0 Å². The molecule has 0 spiro atoms. The van der Waals surface area contributed by atoms with Gasteiger partial charge in [-0.1, -0.05) is 24.3 Å². The van der Waals surface area contributed by atoms with Gasteiger partial charge in [-0.05, 0) is 41.3 Å². The fourth-order valence-corrected chi connectivity index (χ4v) is 2.87. The van der Waals surface area contributed by atoms with Crippen LogP contribution in [-0.2, 0) is 29.0 Å². The lowest BCUT2D eigenvalue weighted by Gasteiger charge is -2.26. The molecule has 0 saturated carbocycles. The van der Waals surface area contributed by atoms with Crippen LogP contribution in [-0.4, -0.2) is 18.9 Å². The van der Waals surface area contributed by atoms with Crippen LogP contribution in [0.25, 0.3) is 0 Å². The maximum atomic E-state index is 12.9. The van der Waals surface area contributed by atoms with Crippen LogP contribution in [0.4, 0.5) is 10.1 Å². The van der Waals surface area contributed by atoms with Crippen molar-refractivity contribution in [3.63, 3.8) is 0 Å². The average Bonchev–Trinajstić information content (AvgIpc) is 2.58. The van der Waals surface area contributed by atoms with Crippen molar-refractivity contribution in [1.29, 1.82) is 0 Å². The Kier molecular flexibility index (Phi) is 4.60. The lowest BCUT2D eigenvalue weighted by molar-refractivity contribution is -0.120. The van der Waals surface area contributed by atoms with E-state index in [1.807, 2.05) is 18.2 Å². The van der Waals surface area contributed by atoms with E-state index >= 15 is 0 Å². The van der Waals surface area contributed by atoms with Crippen molar-refractivity contribution in [3.8, 4) is 0 Å². The summed E-state index contributed by atoms with van der Waals surface area (Å²) in [5, 5.41) is 2.88. The number of amides is 2. The molecule has 4 nitrogen and oxygen atoms in total. The third kappa shape index (κ3) is 3.62. The molecule has 1 heterocycles. The number of aryl methyl sites for hydroxylation is 1. The Morgan fingerprint density at radius 3 is 2.58 bits per heavy atom. The van der Waals surface area contributed by atoms with Gasteiger partial charge in [-0.15, -0.1) is 0 Å². The van der Waals surface area contributed by atoms with Gasteiger partial charge in [0.2, 0.25) is 11.8 Å². The second kappa shape index (κ2) is 6.83. The van der Waals surface area contributed by atoms with Gasteiger partial charge in [-0.25, -0.2) is 4.39 Å². The molecule has 2 aromatic rings. The molecule has 0 aromatic heterocycles. The number of hydrogen-bond donors (Lipinski definition) is 1. The number of carbonyl (C=O) groups is 2. The Balaban J connectivity index is 1.59. The highest BCUT2D eigenvalue weighted by Crippen LogP contribution is 2.27.